The fourth-order valence-electron chi connectivity index (χ4n) is 2.53. The molecule has 0 saturated carbocycles. The zero-order valence-electron chi connectivity index (χ0n) is 14.1. The number of nitrogens with zero attached hydrogens (tertiary/aromatic N) is 1. The molecule has 0 spiro atoms. The molecule has 6 nitrogen and oxygen atoms in total. The number of rotatable bonds is 5. The molecule has 1 N–H and O–H groups in total. The van der Waals surface area contributed by atoms with Gasteiger partial charge < -0.3 is 19.3 Å². The lowest BCUT2D eigenvalue weighted by Gasteiger charge is -2.12. The normalized spacial score (nSPS) is 10.7. The molecule has 130 valence electrons. The molecular weight excluding hydrogens is 344 g/mol. The van der Waals surface area contributed by atoms with Crippen LogP contribution in [0.2, 0.25) is 5.02 Å². The third-order valence-electron chi connectivity index (χ3n) is 3.78. The van der Waals surface area contributed by atoms with Crippen molar-refractivity contribution in [3.05, 3.63) is 46.6 Å². The second-order valence-electron chi connectivity index (χ2n) is 5.54. The van der Waals surface area contributed by atoms with Gasteiger partial charge in [0, 0.05) is 17.5 Å². The Balaban J connectivity index is 1.83. The molecule has 0 aliphatic heterocycles. The van der Waals surface area contributed by atoms with Crippen LogP contribution < -0.4 is 14.8 Å². The molecule has 25 heavy (non-hydrogen) atoms. The molecule has 0 aliphatic carbocycles. The average Bonchev–Trinajstić information content (AvgIpc) is 2.98. The number of hydrogen-bond donors (Lipinski definition) is 1. The first-order valence-corrected chi connectivity index (χ1v) is 7.96. The Kier molecular flexibility index (Phi) is 4.81. The van der Waals surface area contributed by atoms with E-state index in [1.165, 1.54) is 14.2 Å². The molecule has 3 rings (SSSR count). The minimum Gasteiger partial charge on any atom is -0.495 e. The van der Waals surface area contributed by atoms with Gasteiger partial charge in [-0.3, -0.25) is 4.79 Å². The molecule has 0 saturated heterocycles. The highest BCUT2D eigenvalue weighted by molar-refractivity contribution is 6.32. The number of aryl methyl sites for hydroxylation is 1. The van der Waals surface area contributed by atoms with Gasteiger partial charge >= 0.3 is 0 Å². The van der Waals surface area contributed by atoms with Crippen molar-refractivity contribution < 1.29 is 18.8 Å². The fraction of sp³-hybridized carbons (Fsp3) is 0.222. The highest BCUT2D eigenvalue weighted by Crippen LogP contribution is 2.36. The van der Waals surface area contributed by atoms with Crippen molar-refractivity contribution in [2.24, 2.45) is 0 Å². The maximum atomic E-state index is 12.4. The lowest BCUT2D eigenvalue weighted by atomic mass is 10.1. The number of carbonyl (C=O) groups is 1. The molecule has 0 atom stereocenters. The highest BCUT2D eigenvalue weighted by Gasteiger charge is 2.16. The van der Waals surface area contributed by atoms with Crippen LogP contribution in [0.4, 0.5) is 5.69 Å². The molecule has 0 fully saturated rings. The van der Waals surface area contributed by atoms with Crippen molar-refractivity contribution in [1.29, 1.82) is 0 Å². The summed E-state index contributed by atoms with van der Waals surface area (Å²) >= 11 is 6.07. The van der Waals surface area contributed by atoms with Gasteiger partial charge in [-0.2, -0.15) is 0 Å². The second kappa shape index (κ2) is 7.03. The first kappa shape index (κ1) is 17.1. The smallest absolute Gasteiger partial charge is 0.230 e. The summed E-state index contributed by atoms with van der Waals surface area (Å²) in [6.07, 6.45) is 0.0740. The molecule has 0 bridgehead atoms. The van der Waals surface area contributed by atoms with E-state index in [1.54, 1.807) is 12.1 Å². The summed E-state index contributed by atoms with van der Waals surface area (Å²) in [7, 11) is 3.00. The number of hydrogen-bond acceptors (Lipinski definition) is 5. The number of methoxy groups -OCH3 is 2. The molecule has 3 aromatic rings. The number of amides is 1. The van der Waals surface area contributed by atoms with Crippen LogP contribution in [0.25, 0.3) is 11.0 Å². The zero-order chi connectivity index (χ0) is 18.0. The number of carbonyl (C=O) groups excluding carboxylic acids is 1. The third kappa shape index (κ3) is 3.53. The summed E-state index contributed by atoms with van der Waals surface area (Å²) in [4.78, 5) is 12.4. The number of anilines is 1. The Morgan fingerprint density at radius 1 is 1.20 bits per heavy atom. The van der Waals surface area contributed by atoms with Crippen molar-refractivity contribution in [3.8, 4) is 11.5 Å². The van der Waals surface area contributed by atoms with E-state index in [0.717, 1.165) is 10.9 Å². The van der Waals surface area contributed by atoms with Gasteiger partial charge in [-0.25, -0.2) is 0 Å². The van der Waals surface area contributed by atoms with Crippen molar-refractivity contribution in [3.63, 3.8) is 0 Å². The van der Waals surface area contributed by atoms with Crippen LogP contribution in [0.3, 0.4) is 0 Å². The van der Waals surface area contributed by atoms with E-state index in [2.05, 4.69) is 10.5 Å². The molecule has 0 unspecified atom stereocenters. The van der Waals surface area contributed by atoms with Gasteiger partial charge in [0.25, 0.3) is 0 Å². The van der Waals surface area contributed by atoms with E-state index in [4.69, 9.17) is 25.6 Å². The Labute approximate surface area is 149 Å². The standard InChI is InChI=1S/C18H17ClN2O4/c1-10-4-5-15-11(6-10)13(21-25-15)9-18(22)20-14-8-16(23-2)12(19)7-17(14)24-3/h4-8H,9H2,1-3H3,(H,20,22). The predicted molar refractivity (Wildman–Crippen MR) is 95.6 cm³/mol. The molecule has 1 heterocycles. The van der Waals surface area contributed by atoms with Crippen LogP contribution in [0.15, 0.2) is 34.9 Å². The number of benzene rings is 2. The van der Waals surface area contributed by atoms with Crippen LogP contribution in [0.1, 0.15) is 11.3 Å². The summed E-state index contributed by atoms with van der Waals surface area (Å²) in [6.45, 7) is 1.97. The van der Waals surface area contributed by atoms with Crippen molar-refractivity contribution in [2.45, 2.75) is 13.3 Å². The van der Waals surface area contributed by atoms with Crippen molar-refractivity contribution in [2.75, 3.05) is 19.5 Å². The van der Waals surface area contributed by atoms with E-state index in [9.17, 15) is 4.79 Å². The van der Waals surface area contributed by atoms with Crippen molar-refractivity contribution in [1.82, 2.24) is 5.16 Å². The second-order valence-corrected chi connectivity index (χ2v) is 5.95. The SMILES string of the molecule is COc1cc(NC(=O)Cc2noc3ccc(C)cc23)c(OC)cc1Cl. The molecule has 1 aromatic heterocycles. The quantitative estimate of drug-likeness (QED) is 0.744. The Bertz CT molecular complexity index is 936. The number of fused-ring (bicyclic) bond motifs is 1. The van der Waals surface area contributed by atoms with Gasteiger partial charge in [-0.05, 0) is 19.1 Å². The average molecular weight is 361 g/mol. The first-order chi connectivity index (χ1) is 12.0. The number of ether oxygens (including phenoxy) is 2. The van der Waals surface area contributed by atoms with Gasteiger partial charge in [0.1, 0.15) is 17.2 Å². The highest BCUT2D eigenvalue weighted by atomic mass is 35.5. The molecule has 0 aliphatic rings. The summed E-state index contributed by atoms with van der Waals surface area (Å²) < 4.78 is 15.7. The Morgan fingerprint density at radius 3 is 2.68 bits per heavy atom. The number of nitrogens with one attached hydrogen (secondary N) is 1. The van der Waals surface area contributed by atoms with E-state index < -0.39 is 0 Å². The molecule has 2 aromatic carbocycles. The fourth-order valence-corrected chi connectivity index (χ4v) is 2.77. The van der Waals surface area contributed by atoms with Crippen LogP contribution in [0.5, 0.6) is 11.5 Å². The van der Waals surface area contributed by atoms with Crippen LogP contribution >= 0.6 is 11.6 Å². The first-order valence-electron chi connectivity index (χ1n) is 7.58. The lowest BCUT2D eigenvalue weighted by Crippen LogP contribution is -2.15. The topological polar surface area (TPSA) is 73.6 Å². The minimum absolute atomic E-state index is 0.0740. The summed E-state index contributed by atoms with van der Waals surface area (Å²) in [5, 5.41) is 8.02. The van der Waals surface area contributed by atoms with E-state index in [0.29, 0.717) is 33.5 Å². The molecule has 7 heteroatoms. The molecule has 1 amide bonds. The summed E-state index contributed by atoms with van der Waals surface area (Å²) in [5.74, 6) is 0.639. The lowest BCUT2D eigenvalue weighted by molar-refractivity contribution is -0.115. The van der Waals surface area contributed by atoms with Crippen LogP contribution in [-0.2, 0) is 11.2 Å². The Morgan fingerprint density at radius 2 is 1.96 bits per heavy atom. The van der Waals surface area contributed by atoms with Gasteiger partial charge in [-0.15, -0.1) is 0 Å². The van der Waals surface area contributed by atoms with Crippen LogP contribution in [-0.4, -0.2) is 25.3 Å². The van der Waals surface area contributed by atoms with Gasteiger partial charge in [-0.1, -0.05) is 28.4 Å². The zero-order valence-corrected chi connectivity index (χ0v) is 14.8. The van der Waals surface area contributed by atoms with Gasteiger partial charge in [0.15, 0.2) is 5.58 Å². The molecule has 0 radical (unpaired) electrons. The van der Waals surface area contributed by atoms with Gasteiger partial charge in [0.2, 0.25) is 5.91 Å². The maximum Gasteiger partial charge on any atom is 0.230 e. The predicted octanol–water partition coefficient (Wildman–Crippen LogP) is 3.99. The van der Waals surface area contributed by atoms with E-state index in [1.807, 2.05) is 25.1 Å². The minimum atomic E-state index is -0.251. The third-order valence-corrected chi connectivity index (χ3v) is 4.07. The summed E-state index contributed by atoms with van der Waals surface area (Å²) in [5.41, 5.74) is 2.77. The summed E-state index contributed by atoms with van der Waals surface area (Å²) in [6, 6.07) is 8.92. The number of aromatic nitrogens is 1. The van der Waals surface area contributed by atoms with Crippen molar-refractivity contribution >= 4 is 34.2 Å². The van der Waals surface area contributed by atoms with E-state index >= 15 is 0 Å². The Hall–Kier alpha value is -2.73. The monoisotopic (exact) mass is 360 g/mol. The number of halogens is 1. The maximum absolute atomic E-state index is 12.4. The van der Waals surface area contributed by atoms with Gasteiger partial charge in [0.05, 0.1) is 31.4 Å². The largest absolute Gasteiger partial charge is 0.495 e. The van der Waals surface area contributed by atoms with E-state index in [-0.39, 0.29) is 12.3 Å². The molecular formula is C18H17ClN2O4. The van der Waals surface area contributed by atoms with Crippen LogP contribution in [0, 0.1) is 6.92 Å².